The molecule has 0 amide bonds. The third-order valence-electron chi connectivity index (χ3n) is 5.23. The molecule has 1 heterocycles. The van der Waals surface area contributed by atoms with Gasteiger partial charge in [0, 0.05) is 10.6 Å². The average molecular weight is 465 g/mol. The molecule has 4 rings (SSSR count). The molecule has 0 radical (unpaired) electrons. The second-order valence-corrected chi connectivity index (χ2v) is 7.83. The Kier molecular flexibility index (Phi) is 6.38. The van der Waals surface area contributed by atoms with Gasteiger partial charge in [0.1, 0.15) is 11.5 Å². The number of carbonyl (C=O) groups excluding carboxylic acids is 2. The van der Waals surface area contributed by atoms with Crippen molar-refractivity contribution in [3.63, 3.8) is 0 Å². The quantitative estimate of drug-likeness (QED) is 0.275. The van der Waals surface area contributed by atoms with Gasteiger partial charge in [-0.05, 0) is 60.5 Å². The number of esters is 1. The van der Waals surface area contributed by atoms with E-state index in [2.05, 4.69) is 0 Å². The first-order valence-corrected chi connectivity index (χ1v) is 10.5. The fourth-order valence-corrected chi connectivity index (χ4v) is 3.63. The molecule has 0 aromatic heterocycles. The minimum Gasteiger partial charge on any atom is -0.493 e. The standard InChI is InChI=1S/C26H21ClO6/c1-15-20(32-24(28)14-16-4-7-18(27)8-5-16)11-9-19-25(29)23(33-26(15)19)13-17-6-10-21(30-2)22(12-17)31-3/h4-13H,14H2,1-3H3/b23-13-. The number of hydrogen-bond acceptors (Lipinski definition) is 6. The molecular formula is C26H21ClO6. The zero-order valence-corrected chi connectivity index (χ0v) is 19.1. The van der Waals surface area contributed by atoms with E-state index in [0.29, 0.717) is 39.1 Å². The number of ketones is 1. The van der Waals surface area contributed by atoms with Gasteiger partial charge in [-0.3, -0.25) is 9.59 Å². The number of carbonyl (C=O) groups is 2. The summed E-state index contributed by atoms with van der Waals surface area (Å²) >= 11 is 5.88. The Hall–Kier alpha value is -3.77. The minimum atomic E-state index is -0.425. The van der Waals surface area contributed by atoms with Crippen LogP contribution in [0.5, 0.6) is 23.0 Å². The Morgan fingerprint density at radius 2 is 1.67 bits per heavy atom. The van der Waals surface area contributed by atoms with Crippen LogP contribution in [0.15, 0.2) is 60.4 Å². The number of halogens is 1. The highest BCUT2D eigenvalue weighted by molar-refractivity contribution is 6.30. The molecule has 33 heavy (non-hydrogen) atoms. The van der Waals surface area contributed by atoms with Crippen LogP contribution in [0.2, 0.25) is 5.02 Å². The van der Waals surface area contributed by atoms with Crippen molar-refractivity contribution in [1.82, 2.24) is 0 Å². The van der Waals surface area contributed by atoms with Crippen molar-refractivity contribution in [2.24, 2.45) is 0 Å². The Morgan fingerprint density at radius 3 is 2.36 bits per heavy atom. The number of fused-ring (bicyclic) bond motifs is 1. The number of rotatable bonds is 6. The molecule has 6 nitrogen and oxygen atoms in total. The fraction of sp³-hybridized carbons (Fsp3) is 0.154. The van der Waals surface area contributed by atoms with Crippen LogP contribution in [0.25, 0.3) is 6.08 Å². The van der Waals surface area contributed by atoms with E-state index in [-0.39, 0.29) is 18.0 Å². The summed E-state index contributed by atoms with van der Waals surface area (Å²) in [7, 11) is 3.10. The van der Waals surface area contributed by atoms with Crippen LogP contribution in [0, 0.1) is 6.92 Å². The van der Waals surface area contributed by atoms with Crippen molar-refractivity contribution in [3.8, 4) is 23.0 Å². The molecule has 0 fully saturated rings. The van der Waals surface area contributed by atoms with Gasteiger partial charge in [0.15, 0.2) is 17.3 Å². The van der Waals surface area contributed by atoms with Crippen molar-refractivity contribution in [1.29, 1.82) is 0 Å². The predicted molar refractivity (Wildman–Crippen MR) is 124 cm³/mol. The van der Waals surface area contributed by atoms with E-state index in [4.69, 9.17) is 30.5 Å². The summed E-state index contributed by atoms with van der Waals surface area (Å²) in [6.45, 7) is 1.75. The molecule has 7 heteroatoms. The zero-order valence-electron chi connectivity index (χ0n) is 18.3. The van der Waals surface area contributed by atoms with Gasteiger partial charge < -0.3 is 18.9 Å². The van der Waals surface area contributed by atoms with E-state index in [1.165, 1.54) is 0 Å². The van der Waals surface area contributed by atoms with E-state index >= 15 is 0 Å². The number of Topliss-reactive ketones (excluding diaryl/α,β-unsaturated/α-hetero) is 1. The minimum absolute atomic E-state index is 0.0952. The van der Waals surface area contributed by atoms with Crippen molar-refractivity contribution in [3.05, 3.63) is 87.6 Å². The number of ether oxygens (including phenoxy) is 4. The molecule has 0 bridgehead atoms. The molecule has 3 aromatic rings. The second kappa shape index (κ2) is 9.38. The highest BCUT2D eigenvalue weighted by Gasteiger charge is 2.30. The Labute approximate surface area is 196 Å². The normalized spacial score (nSPS) is 13.5. The first kappa shape index (κ1) is 22.4. The average Bonchev–Trinajstić information content (AvgIpc) is 3.13. The molecule has 0 N–H and O–H groups in total. The van der Waals surface area contributed by atoms with Crippen LogP contribution in [0.3, 0.4) is 0 Å². The molecular weight excluding hydrogens is 444 g/mol. The zero-order chi connectivity index (χ0) is 23.5. The summed E-state index contributed by atoms with van der Waals surface area (Å²) in [4.78, 5) is 25.3. The van der Waals surface area contributed by atoms with Crippen molar-refractivity contribution < 1.29 is 28.5 Å². The fourth-order valence-electron chi connectivity index (χ4n) is 3.50. The van der Waals surface area contributed by atoms with Crippen molar-refractivity contribution in [2.75, 3.05) is 14.2 Å². The van der Waals surface area contributed by atoms with Gasteiger partial charge in [-0.1, -0.05) is 29.8 Å². The molecule has 1 aliphatic heterocycles. The smallest absolute Gasteiger partial charge is 0.315 e. The molecule has 3 aromatic carbocycles. The first-order valence-electron chi connectivity index (χ1n) is 10.1. The second-order valence-electron chi connectivity index (χ2n) is 7.40. The van der Waals surface area contributed by atoms with Gasteiger partial charge in [-0.2, -0.15) is 0 Å². The molecule has 0 atom stereocenters. The molecule has 0 unspecified atom stereocenters. The number of hydrogen-bond donors (Lipinski definition) is 0. The van der Waals surface area contributed by atoms with Crippen LogP contribution < -0.4 is 18.9 Å². The summed E-state index contributed by atoms with van der Waals surface area (Å²) in [5.41, 5.74) is 2.49. The SMILES string of the molecule is COc1ccc(/C=C2\Oc3c(ccc(OC(=O)Cc4ccc(Cl)cc4)c3C)C2=O)cc1OC. The molecule has 168 valence electrons. The number of methoxy groups -OCH3 is 2. The summed E-state index contributed by atoms with van der Waals surface area (Å²) in [6, 6.07) is 15.5. The summed E-state index contributed by atoms with van der Waals surface area (Å²) in [5, 5.41) is 0.598. The van der Waals surface area contributed by atoms with E-state index < -0.39 is 5.97 Å². The Morgan fingerprint density at radius 1 is 0.970 bits per heavy atom. The van der Waals surface area contributed by atoms with Gasteiger partial charge >= 0.3 is 5.97 Å². The third-order valence-corrected chi connectivity index (χ3v) is 5.48. The van der Waals surface area contributed by atoms with E-state index in [0.717, 1.165) is 11.1 Å². The molecule has 0 saturated heterocycles. The van der Waals surface area contributed by atoms with Gasteiger partial charge in [0.2, 0.25) is 5.78 Å². The lowest BCUT2D eigenvalue weighted by molar-refractivity contribution is -0.133. The van der Waals surface area contributed by atoms with Gasteiger partial charge in [-0.15, -0.1) is 0 Å². The van der Waals surface area contributed by atoms with E-state index in [1.807, 2.05) is 0 Å². The lowest BCUT2D eigenvalue weighted by atomic mass is 10.1. The topological polar surface area (TPSA) is 71.1 Å². The van der Waals surface area contributed by atoms with Crippen LogP contribution in [-0.2, 0) is 11.2 Å². The maximum Gasteiger partial charge on any atom is 0.315 e. The molecule has 1 aliphatic rings. The van der Waals surface area contributed by atoms with E-state index in [1.54, 1.807) is 81.8 Å². The summed E-state index contributed by atoms with van der Waals surface area (Å²) in [5.74, 6) is 1.34. The highest BCUT2D eigenvalue weighted by Crippen LogP contribution is 2.40. The summed E-state index contributed by atoms with van der Waals surface area (Å²) in [6.07, 6.45) is 1.73. The molecule has 0 spiro atoms. The lowest BCUT2D eigenvalue weighted by Gasteiger charge is -2.10. The third kappa shape index (κ3) is 4.71. The van der Waals surface area contributed by atoms with Crippen molar-refractivity contribution in [2.45, 2.75) is 13.3 Å². The maximum atomic E-state index is 12.9. The van der Waals surface area contributed by atoms with Crippen molar-refractivity contribution >= 4 is 29.4 Å². The molecule has 0 aliphatic carbocycles. The largest absolute Gasteiger partial charge is 0.493 e. The van der Waals surface area contributed by atoms with Gasteiger partial charge in [0.05, 0.1) is 26.2 Å². The van der Waals surface area contributed by atoms with Crippen LogP contribution in [0.4, 0.5) is 0 Å². The summed E-state index contributed by atoms with van der Waals surface area (Å²) < 4.78 is 22.0. The highest BCUT2D eigenvalue weighted by atomic mass is 35.5. The monoisotopic (exact) mass is 464 g/mol. The lowest BCUT2D eigenvalue weighted by Crippen LogP contribution is -2.12. The molecule has 0 saturated carbocycles. The predicted octanol–water partition coefficient (Wildman–Crippen LogP) is 5.43. The van der Waals surface area contributed by atoms with Gasteiger partial charge in [-0.25, -0.2) is 0 Å². The maximum absolute atomic E-state index is 12.9. The number of allylic oxidation sites excluding steroid dienone is 1. The van der Waals surface area contributed by atoms with Crippen LogP contribution >= 0.6 is 11.6 Å². The Bertz CT molecular complexity index is 1260. The van der Waals surface area contributed by atoms with E-state index in [9.17, 15) is 9.59 Å². The van der Waals surface area contributed by atoms with Crippen LogP contribution in [0.1, 0.15) is 27.0 Å². The van der Waals surface area contributed by atoms with Crippen LogP contribution in [-0.4, -0.2) is 26.0 Å². The first-order chi connectivity index (χ1) is 15.9. The number of benzene rings is 3. The van der Waals surface area contributed by atoms with Gasteiger partial charge in [0.25, 0.3) is 0 Å². The Balaban J connectivity index is 1.54.